The van der Waals surface area contributed by atoms with E-state index >= 15 is 0 Å². The topological polar surface area (TPSA) is 32.5 Å². The molecule has 1 unspecified atom stereocenters. The van der Waals surface area contributed by atoms with Crippen molar-refractivity contribution in [1.82, 2.24) is 9.80 Å². The first-order valence-electron chi connectivity index (χ1n) is 7.61. The van der Waals surface area contributed by atoms with Gasteiger partial charge in [0.25, 0.3) is 0 Å². The molecule has 0 amide bonds. The van der Waals surface area contributed by atoms with Gasteiger partial charge in [-0.2, -0.15) is 0 Å². The minimum absolute atomic E-state index is 0.390. The predicted octanol–water partition coefficient (Wildman–Crippen LogP) is 2.24. The Bertz CT molecular complexity index is 457. The van der Waals surface area contributed by atoms with Crippen LogP contribution in [0.4, 0.5) is 8.78 Å². The summed E-state index contributed by atoms with van der Waals surface area (Å²) in [7, 11) is 0. The van der Waals surface area contributed by atoms with E-state index in [1.165, 1.54) is 12.1 Å². The molecule has 21 heavy (non-hydrogen) atoms. The standard InChI is InChI=1S/C16H25F2N3/c1-12(2)10-20-5-7-21(8-6-20)11-16(19)14-4-3-13(17)9-15(14)18/h3-4,9,12,16H,5-8,10-11,19H2,1-2H3. The van der Waals surface area contributed by atoms with Gasteiger partial charge >= 0.3 is 0 Å². The molecule has 1 saturated heterocycles. The summed E-state index contributed by atoms with van der Waals surface area (Å²) >= 11 is 0. The van der Waals surface area contributed by atoms with E-state index in [1.807, 2.05) is 0 Å². The molecule has 3 nitrogen and oxygen atoms in total. The zero-order chi connectivity index (χ0) is 15.4. The number of benzene rings is 1. The van der Waals surface area contributed by atoms with Gasteiger partial charge < -0.3 is 10.6 Å². The van der Waals surface area contributed by atoms with Crippen molar-refractivity contribution in [3.8, 4) is 0 Å². The summed E-state index contributed by atoms with van der Waals surface area (Å²) in [5, 5.41) is 0. The molecule has 1 aliphatic rings. The molecule has 1 aromatic rings. The van der Waals surface area contributed by atoms with Crippen molar-refractivity contribution in [3.63, 3.8) is 0 Å². The molecule has 0 spiro atoms. The summed E-state index contributed by atoms with van der Waals surface area (Å²) in [5.41, 5.74) is 6.46. The van der Waals surface area contributed by atoms with Gasteiger partial charge in [-0.25, -0.2) is 8.78 Å². The predicted molar refractivity (Wildman–Crippen MR) is 81.0 cm³/mol. The van der Waals surface area contributed by atoms with Gasteiger partial charge in [0.05, 0.1) is 0 Å². The van der Waals surface area contributed by atoms with Crippen molar-refractivity contribution in [1.29, 1.82) is 0 Å². The van der Waals surface area contributed by atoms with Crippen molar-refractivity contribution in [3.05, 3.63) is 35.4 Å². The second-order valence-corrected chi connectivity index (χ2v) is 6.27. The summed E-state index contributed by atoms with van der Waals surface area (Å²) in [6.07, 6.45) is 0. The smallest absolute Gasteiger partial charge is 0.130 e. The molecule has 118 valence electrons. The SMILES string of the molecule is CC(C)CN1CCN(CC(N)c2ccc(F)cc2F)CC1. The highest BCUT2D eigenvalue weighted by Crippen LogP contribution is 2.18. The maximum atomic E-state index is 13.7. The largest absolute Gasteiger partial charge is 0.323 e. The lowest BCUT2D eigenvalue weighted by atomic mass is 10.1. The molecule has 1 atom stereocenters. The number of nitrogens with two attached hydrogens (primary N) is 1. The average molecular weight is 297 g/mol. The fourth-order valence-electron chi connectivity index (χ4n) is 2.85. The maximum Gasteiger partial charge on any atom is 0.130 e. The number of piperazine rings is 1. The summed E-state index contributed by atoms with van der Waals surface area (Å²) in [6, 6.07) is 3.20. The van der Waals surface area contributed by atoms with Crippen molar-refractivity contribution in [2.75, 3.05) is 39.3 Å². The van der Waals surface area contributed by atoms with Crippen molar-refractivity contribution in [2.24, 2.45) is 11.7 Å². The highest BCUT2D eigenvalue weighted by Gasteiger charge is 2.21. The van der Waals surface area contributed by atoms with Crippen LogP contribution >= 0.6 is 0 Å². The quantitative estimate of drug-likeness (QED) is 0.904. The Labute approximate surface area is 125 Å². The fraction of sp³-hybridized carbons (Fsp3) is 0.625. The first kappa shape index (κ1) is 16.3. The van der Waals surface area contributed by atoms with Crippen LogP contribution in [0, 0.1) is 17.6 Å². The second kappa shape index (κ2) is 7.29. The van der Waals surface area contributed by atoms with Crippen LogP contribution in [0.25, 0.3) is 0 Å². The third-order valence-electron chi connectivity index (χ3n) is 3.91. The zero-order valence-corrected chi connectivity index (χ0v) is 12.9. The number of halogens is 2. The highest BCUT2D eigenvalue weighted by atomic mass is 19.1. The molecular weight excluding hydrogens is 272 g/mol. The highest BCUT2D eigenvalue weighted by molar-refractivity contribution is 5.22. The van der Waals surface area contributed by atoms with Crippen LogP contribution in [0.5, 0.6) is 0 Å². The fourth-order valence-corrected chi connectivity index (χ4v) is 2.85. The Kier molecular flexibility index (Phi) is 5.67. The zero-order valence-electron chi connectivity index (χ0n) is 12.9. The molecule has 5 heteroatoms. The Balaban J connectivity index is 1.85. The summed E-state index contributed by atoms with van der Waals surface area (Å²) in [5.74, 6) is -0.446. The van der Waals surface area contributed by atoms with Crippen molar-refractivity contribution in [2.45, 2.75) is 19.9 Å². The van der Waals surface area contributed by atoms with E-state index in [0.29, 0.717) is 18.0 Å². The lowest BCUT2D eigenvalue weighted by molar-refractivity contribution is 0.117. The average Bonchev–Trinajstić information content (AvgIpc) is 2.40. The number of hydrogen-bond donors (Lipinski definition) is 1. The lowest BCUT2D eigenvalue weighted by Gasteiger charge is -2.36. The lowest BCUT2D eigenvalue weighted by Crippen LogP contribution is -2.49. The monoisotopic (exact) mass is 297 g/mol. The van der Waals surface area contributed by atoms with Gasteiger partial charge in [0.15, 0.2) is 0 Å². The Morgan fingerprint density at radius 1 is 1.05 bits per heavy atom. The molecule has 0 radical (unpaired) electrons. The van der Waals surface area contributed by atoms with Gasteiger partial charge in [-0.1, -0.05) is 19.9 Å². The second-order valence-electron chi connectivity index (χ2n) is 6.27. The van der Waals surface area contributed by atoms with Gasteiger partial charge in [0, 0.05) is 56.9 Å². The Morgan fingerprint density at radius 2 is 1.62 bits per heavy atom. The van der Waals surface area contributed by atoms with Gasteiger partial charge in [0.1, 0.15) is 11.6 Å². The van der Waals surface area contributed by atoms with E-state index in [2.05, 4.69) is 23.6 Å². The minimum atomic E-state index is -0.564. The Morgan fingerprint density at radius 3 is 2.14 bits per heavy atom. The molecule has 2 rings (SSSR count). The molecular formula is C16H25F2N3. The molecule has 1 heterocycles. The van der Waals surface area contributed by atoms with Gasteiger partial charge in [-0.3, -0.25) is 4.90 Å². The summed E-state index contributed by atoms with van der Waals surface area (Å²) < 4.78 is 26.6. The van der Waals surface area contributed by atoms with E-state index in [0.717, 1.165) is 38.8 Å². The number of nitrogens with zero attached hydrogens (tertiary/aromatic N) is 2. The van der Waals surface area contributed by atoms with E-state index in [1.54, 1.807) is 0 Å². The number of hydrogen-bond acceptors (Lipinski definition) is 3. The maximum absolute atomic E-state index is 13.7. The van der Waals surface area contributed by atoms with Crippen LogP contribution in [0.15, 0.2) is 18.2 Å². The molecule has 0 aromatic heterocycles. The molecule has 0 aliphatic carbocycles. The van der Waals surface area contributed by atoms with Gasteiger partial charge in [0.2, 0.25) is 0 Å². The van der Waals surface area contributed by atoms with Crippen LogP contribution in [-0.2, 0) is 0 Å². The third-order valence-corrected chi connectivity index (χ3v) is 3.91. The van der Waals surface area contributed by atoms with Crippen molar-refractivity contribution < 1.29 is 8.78 Å². The van der Waals surface area contributed by atoms with Crippen LogP contribution in [0.1, 0.15) is 25.5 Å². The van der Waals surface area contributed by atoms with Crippen LogP contribution < -0.4 is 5.73 Å². The van der Waals surface area contributed by atoms with E-state index in [-0.39, 0.29) is 0 Å². The Hall–Kier alpha value is -1.04. The first-order valence-corrected chi connectivity index (χ1v) is 7.61. The van der Waals surface area contributed by atoms with E-state index in [9.17, 15) is 8.78 Å². The number of rotatable bonds is 5. The van der Waals surface area contributed by atoms with Crippen LogP contribution in [0.2, 0.25) is 0 Å². The molecule has 2 N–H and O–H groups in total. The van der Waals surface area contributed by atoms with Crippen LogP contribution in [0.3, 0.4) is 0 Å². The molecule has 1 aromatic carbocycles. The minimum Gasteiger partial charge on any atom is -0.323 e. The third kappa shape index (κ3) is 4.73. The van der Waals surface area contributed by atoms with E-state index < -0.39 is 17.7 Å². The summed E-state index contributed by atoms with van der Waals surface area (Å²) in [6.45, 7) is 10.1. The normalized spacial score (nSPS) is 19.1. The van der Waals surface area contributed by atoms with Gasteiger partial charge in [-0.05, 0) is 12.0 Å². The van der Waals surface area contributed by atoms with Crippen molar-refractivity contribution >= 4 is 0 Å². The molecule has 0 saturated carbocycles. The molecule has 1 fully saturated rings. The summed E-state index contributed by atoms with van der Waals surface area (Å²) in [4.78, 5) is 4.70. The molecule has 1 aliphatic heterocycles. The van der Waals surface area contributed by atoms with Crippen LogP contribution in [-0.4, -0.2) is 49.1 Å². The molecule has 0 bridgehead atoms. The van der Waals surface area contributed by atoms with Gasteiger partial charge in [-0.15, -0.1) is 0 Å². The first-order chi connectivity index (χ1) is 9.95. The van der Waals surface area contributed by atoms with E-state index in [4.69, 9.17) is 5.73 Å².